The maximum absolute atomic E-state index is 11.9. The lowest BCUT2D eigenvalue weighted by atomic mass is 10.1. The van der Waals surface area contributed by atoms with Crippen molar-refractivity contribution in [2.75, 3.05) is 20.8 Å². The Labute approximate surface area is 232 Å². The molecule has 0 bridgehead atoms. The molecule has 0 aliphatic heterocycles. The van der Waals surface area contributed by atoms with E-state index >= 15 is 0 Å². The minimum absolute atomic E-state index is 0.316. The lowest BCUT2D eigenvalue weighted by molar-refractivity contribution is 0.327. The SMILES string of the molecule is CCOc1cccc(-c2nc3ncc(C(NS(=O)O)c4ccc(C)cn4)nc3n2-c2c(OC)cccc2OC)n1. The molecule has 2 atom stereocenters. The van der Waals surface area contributed by atoms with Crippen LogP contribution in [0.25, 0.3) is 28.5 Å². The molecule has 0 amide bonds. The molecule has 40 heavy (non-hydrogen) atoms. The molecule has 5 rings (SSSR count). The van der Waals surface area contributed by atoms with Gasteiger partial charge in [-0.05, 0) is 43.7 Å². The van der Waals surface area contributed by atoms with Gasteiger partial charge in [0.15, 0.2) is 17.1 Å². The average molecular weight is 562 g/mol. The van der Waals surface area contributed by atoms with Crippen LogP contribution in [0, 0.1) is 6.92 Å². The number of aryl methyl sites for hydroxylation is 1. The van der Waals surface area contributed by atoms with Gasteiger partial charge in [-0.3, -0.25) is 14.1 Å². The van der Waals surface area contributed by atoms with Crippen LogP contribution in [0.2, 0.25) is 0 Å². The summed E-state index contributed by atoms with van der Waals surface area (Å²) in [6.45, 7) is 4.24. The van der Waals surface area contributed by atoms with Crippen molar-refractivity contribution in [3.05, 3.63) is 77.9 Å². The highest BCUT2D eigenvalue weighted by Crippen LogP contribution is 2.38. The topological polar surface area (TPSA) is 146 Å². The third kappa shape index (κ3) is 5.34. The quantitative estimate of drug-likeness (QED) is 0.241. The minimum atomic E-state index is -2.36. The van der Waals surface area contributed by atoms with E-state index in [1.807, 2.05) is 32.0 Å². The summed E-state index contributed by atoms with van der Waals surface area (Å²) in [7, 11) is 3.11. The normalized spacial score (nSPS) is 12.7. The number of methoxy groups -OCH3 is 2. The fourth-order valence-electron chi connectivity index (χ4n) is 4.23. The summed E-state index contributed by atoms with van der Waals surface area (Å²) in [4.78, 5) is 23.3. The first-order valence-electron chi connectivity index (χ1n) is 12.3. The number of nitrogens with one attached hydrogen (secondary N) is 1. The Kier molecular flexibility index (Phi) is 7.96. The maximum atomic E-state index is 11.9. The lowest BCUT2D eigenvalue weighted by Gasteiger charge is -2.18. The molecule has 0 spiro atoms. The van der Waals surface area contributed by atoms with Crippen LogP contribution in [0.5, 0.6) is 17.4 Å². The van der Waals surface area contributed by atoms with Gasteiger partial charge in [-0.2, -0.15) is 4.72 Å². The Morgan fingerprint density at radius 3 is 2.35 bits per heavy atom. The van der Waals surface area contributed by atoms with Crippen molar-refractivity contribution >= 4 is 22.6 Å². The smallest absolute Gasteiger partial charge is 0.232 e. The van der Waals surface area contributed by atoms with Gasteiger partial charge in [-0.1, -0.05) is 18.2 Å². The van der Waals surface area contributed by atoms with Crippen LogP contribution in [0.1, 0.15) is 29.9 Å². The Hall–Kier alpha value is -4.46. The predicted octanol–water partition coefficient (Wildman–Crippen LogP) is 3.81. The molecule has 0 saturated carbocycles. The summed E-state index contributed by atoms with van der Waals surface area (Å²) in [5.74, 6) is 1.85. The van der Waals surface area contributed by atoms with Crippen LogP contribution in [0.4, 0.5) is 0 Å². The number of hydrogen-bond acceptors (Lipinski definition) is 9. The van der Waals surface area contributed by atoms with E-state index < -0.39 is 17.3 Å². The molecular formula is C27H27N7O5S. The third-order valence-corrected chi connectivity index (χ3v) is 6.44. The number of rotatable bonds is 10. The largest absolute Gasteiger partial charge is 0.494 e. The van der Waals surface area contributed by atoms with Gasteiger partial charge < -0.3 is 14.2 Å². The number of fused-ring (bicyclic) bond motifs is 1. The van der Waals surface area contributed by atoms with Crippen LogP contribution < -0.4 is 18.9 Å². The first-order valence-corrected chi connectivity index (χ1v) is 13.4. The highest BCUT2D eigenvalue weighted by molar-refractivity contribution is 7.77. The number of hydrogen-bond donors (Lipinski definition) is 2. The number of ether oxygens (including phenoxy) is 3. The fourth-order valence-corrected chi connectivity index (χ4v) is 4.67. The van der Waals surface area contributed by atoms with Crippen LogP contribution in [0.3, 0.4) is 0 Å². The van der Waals surface area contributed by atoms with Crippen molar-refractivity contribution < 1.29 is 23.0 Å². The average Bonchev–Trinajstić information content (AvgIpc) is 3.34. The fraction of sp³-hybridized carbons (Fsp3) is 0.222. The maximum Gasteiger partial charge on any atom is 0.232 e. The van der Waals surface area contributed by atoms with E-state index in [9.17, 15) is 8.76 Å². The molecule has 0 fully saturated rings. The molecule has 12 nitrogen and oxygen atoms in total. The Morgan fingerprint density at radius 2 is 1.70 bits per heavy atom. The van der Waals surface area contributed by atoms with Gasteiger partial charge in [-0.15, -0.1) is 0 Å². The van der Waals surface area contributed by atoms with Crippen molar-refractivity contribution in [3.63, 3.8) is 0 Å². The van der Waals surface area contributed by atoms with Crippen LogP contribution in [-0.4, -0.2) is 59.1 Å². The van der Waals surface area contributed by atoms with Gasteiger partial charge in [0.05, 0.1) is 38.4 Å². The molecule has 1 aromatic carbocycles. The summed E-state index contributed by atoms with van der Waals surface area (Å²) >= 11 is -2.36. The van der Waals surface area contributed by atoms with Crippen LogP contribution >= 0.6 is 0 Å². The van der Waals surface area contributed by atoms with Gasteiger partial charge in [0, 0.05) is 12.3 Å². The van der Waals surface area contributed by atoms with Crippen molar-refractivity contribution in [1.82, 2.24) is 34.2 Å². The molecule has 5 aromatic rings. The molecule has 4 aromatic heterocycles. The molecule has 0 aliphatic carbocycles. The number of imidazole rings is 1. The Bertz CT molecular complexity index is 1650. The second kappa shape index (κ2) is 11.7. The van der Waals surface area contributed by atoms with Crippen molar-refractivity contribution in [2.24, 2.45) is 0 Å². The first-order chi connectivity index (χ1) is 19.4. The highest BCUT2D eigenvalue weighted by atomic mass is 32.2. The zero-order chi connectivity index (χ0) is 28.2. The summed E-state index contributed by atoms with van der Waals surface area (Å²) in [6.07, 6.45) is 3.17. The van der Waals surface area contributed by atoms with Gasteiger partial charge in [0.1, 0.15) is 28.9 Å². The summed E-state index contributed by atoms with van der Waals surface area (Å²) in [5.41, 5.74) is 3.49. The molecule has 206 valence electrons. The third-order valence-electron chi connectivity index (χ3n) is 6.00. The van der Waals surface area contributed by atoms with Crippen molar-refractivity contribution in [1.29, 1.82) is 0 Å². The van der Waals surface area contributed by atoms with E-state index in [4.69, 9.17) is 24.2 Å². The molecule has 2 unspecified atom stereocenters. The second-order valence-corrected chi connectivity index (χ2v) is 9.31. The van der Waals surface area contributed by atoms with E-state index in [1.165, 1.54) is 6.20 Å². The monoisotopic (exact) mass is 561 g/mol. The lowest BCUT2D eigenvalue weighted by Crippen LogP contribution is -2.26. The standard InChI is InChI=1S/C27H27N7O5S/c1-5-39-22-11-6-8-18(30-22)26-32-25-27(34(26)24-20(37-3)9-7-10-21(24)38-4)31-19(15-29-25)23(33-40(35)36)17-13-12-16(2)14-28-17/h6-15,23,33H,5H2,1-4H3,(H,35,36). The van der Waals surface area contributed by atoms with E-state index in [2.05, 4.69) is 19.7 Å². The van der Waals surface area contributed by atoms with E-state index in [-0.39, 0.29) is 0 Å². The van der Waals surface area contributed by atoms with E-state index in [0.29, 0.717) is 63.9 Å². The molecule has 0 aliphatic rings. The molecule has 4 heterocycles. The number of pyridine rings is 2. The van der Waals surface area contributed by atoms with Gasteiger partial charge in [0.25, 0.3) is 0 Å². The molecule has 0 saturated heterocycles. The van der Waals surface area contributed by atoms with Gasteiger partial charge >= 0.3 is 0 Å². The van der Waals surface area contributed by atoms with E-state index in [1.54, 1.807) is 55.3 Å². The minimum Gasteiger partial charge on any atom is -0.494 e. The predicted molar refractivity (Wildman–Crippen MR) is 149 cm³/mol. The molecular weight excluding hydrogens is 534 g/mol. The summed E-state index contributed by atoms with van der Waals surface area (Å²) < 4.78 is 43.0. The summed E-state index contributed by atoms with van der Waals surface area (Å²) in [6, 6.07) is 13.6. The first kappa shape index (κ1) is 27.1. The Balaban J connectivity index is 1.80. The second-order valence-electron chi connectivity index (χ2n) is 8.58. The molecule has 2 N–H and O–H groups in total. The summed E-state index contributed by atoms with van der Waals surface area (Å²) in [5, 5.41) is 0. The van der Waals surface area contributed by atoms with E-state index in [0.717, 1.165) is 5.56 Å². The van der Waals surface area contributed by atoms with Crippen molar-refractivity contribution in [2.45, 2.75) is 19.9 Å². The zero-order valence-corrected chi connectivity index (χ0v) is 23.0. The van der Waals surface area contributed by atoms with Crippen LogP contribution in [0.15, 0.2) is 60.9 Å². The number of nitrogens with zero attached hydrogens (tertiary/aromatic N) is 6. The number of para-hydroxylation sites is 1. The van der Waals surface area contributed by atoms with Gasteiger partial charge in [0.2, 0.25) is 17.1 Å². The zero-order valence-electron chi connectivity index (χ0n) is 22.2. The molecule has 13 heteroatoms. The van der Waals surface area contributed by atoms with Crippen molar-refractivity contribution in [3.8, 4) is 34.6 Å². The number of benzene rings is 1. The number of aromatic nitrogens is 6. The molecule has 0 radical (unpaired) electrons. The Morgan fingerprint density at radius 1 is 0.950 bits per heavy atom. The highest BCUT2D eigenvalue weighted by Gasteiger charge is 2.26. The van der Waals surface area contributed by atoms with Gasteiger partial charge in [-0.25, -0.2) is 24.1 Å². The van der Waals surface area contributed by atoms with Crippen LogP contribution in [-0.2, 0) is 11.3 Å².